The van der Waals surface area contributed by atoms with E-state index in [0.717, 1.165) is 12.8 Å². The van der Waals surface area contributed by atoms with E-state index in [2.05, 4.69) is 0 Å². The number of rotatable bonds is 7. The molecule has 24 heavy (non-hydrogen) atoms. The van der Waals surface area contributed by atoms with Crippen molar-refractivity contribution in [2.75, 3.05) is 27.3 Å². The number of ether oxygens (including phenoxy) is 2. The lowest BCUT2D eigenvalue weighted by molar-refractivity contribution is -0.528. The van der Waals surface area contributed by atoms with Crippen LogP contribution in [0.1, 0.15) is 37.7 Å². The van der Waals surface area contributed by atoms with Crippen molar-refractivity contribution in [3.05, 3.63) is 33.9 Å². The monoisotopic (exact) mass is 336 g/mol. The number of nitro groups is 1. The summed E-state index contributed by atoms with van der Waals surface area (Å²) in [6, 6.07) is 4.39. The number of likely N-dealkylation sites (tertiary alicyclic amines) is 1. The van der Waals surface area contributed by atoms with Crippen LogP contribution in [0.15, 0.2) is 18.2 Å². The van der Waals surface area contributed by atoms with Crippen molar-refractivity contribution in [3.8, 4) is 11.5 Å². The Morgan fingerprint density at radius 2 is 1.88 bits per heavy atom. The maximum Gasteiger partial charge on any atom is 0.237 e. The molecule has 0 unspecified atom stereocenters. The Hall–Kier alpha value is -2.31. The van der Waals surface area contributed by atoms with Crippen molar-refractivity contribution in [2.45, 2.75) is 38.1 Å². The number of unbranched alkanes of at least 4 members (excludes halogenated alkanes) is 1. The zero-order valence-electron chi connectivity index (χ0n) is 14.4. The van der Waals surface area contributed by atoms with Crippen molar-refractivity contribution in [2.24, 2.45) is 0 Å². The molecule has 132 valence electrons. The number of methoxy groups -OCH3 is 2. The summed E-state index contributed by atoms with van der Waals surface area (Å²) in [6.07, 6.45) is 1.93. The normalized spacial score (nSPS) is 20.8. The lowest BCUT2D eigenvalue weighted by atomic mass is 9.85. The Balaban J connectivity index is 2.31. The van der Waals surface area contributed by atoms with Gasteiger partial charge in [0, 0.05) is 24.0 Å². The lowest BCUT2D eigenvalue weighted by Crippen LogP contribution is -2.49. The largest absolute Gasteiger partial charge is 0.497 e. The highest BCUT2D eigenvalue weighted by molar-refractivity contribution is 5.78. The number of amides is 1. The fraction of sp³-hybridized carbons (Fsp3) is 0.588. The zero-order chi connectivity index (χ0) is 17.7. The molecule has 0 aliphatic carbocycles. The summed E-state index contributed by atoms with van der Waals surface area (Å²) < 4.78 is 10.5. The van der Waals surface area contributed by atoms with Gasteiger partial charge < -0.3 is 14.4 Å². The van der Waals surface area contributed by atoms with Crippen molar-refractivity contribution in [1.82, 2.24) is 4.90 Å². The Bertz CT molecular complexity index is 582. The van der Waals surface area contributed by atoms with Crippen molar-refractivity contribution < 1.29 is 19.2 Å². The van der Waals surface area contributed by atoms with Crippen LogP contribution >= 0.6 is 0 Å². The highest BCUT2D eigenvalue weighted by Crippen LogP contribution is 2.35. The predicted molar refractivity (Wildman–Crippen MR) is 89.2 cm³/mol. The van der Waals surface area contributed by atoms with Gasteiger partial charge in [0.2, 0.25) is 11.9 Å². The standard InChI is InChI=1S/C17H24N2O5/c1-4-5-6-18-11-16(19(21)22)15(10-17(18)20)12-7-13(23-2)9-14(8-12)24-3/h7-9,15-16H,4-6,10-11H2,1-3H3/t15-,16+/m0/s1. The van der Waals surface area contributed by atoms with Gasteiger partial charge in [-0.15, -0.1) is 0 Å². The first kappa shape index (κ1) is 18.0. The first-order valence-electron chi connectivity index (χ1n) is 8.14. The molecule has 7 heteroatoms. The molecule has 1 saturated heterocycles. The minimum absolute atomic E-state index is 0.0339. The molecular formula is C17H24N2O5. The van der Waals surface area contributed by atoms with Gasteiger partial charge in [-0.05, 0) is 24.1 Å². The summed E-state index contributed by atoms with van der Waals surface area (Å²) in [5.41, 5.74) is 0.705. The van der Waals surface area contributed by atoms with E-state index in [1.807, 2.05) is 6.92 Å². The van der Waals surface area contributed by atoms with Crippen LogP contribution in [0.4, 0.5) is 0 Å². The molecule has 0 saturated carbocycles. The summed E-state index contributed by atoms with van der Waals surface area (Å²) in [5, 5.41) is 11.6. The van der Waals surface area contributed by atoms with Crippen LogP contribution in [0.5, 0.6) is 11.5 Å². The Morgan fingerprint density at radius 1 is 1.25 bits per heavy atom. The van der Waals surface area contributed by atoms with Gasteiger partial charge in [0.05, 0.1) is 26.7 Å². The van der Waals surface area contributed by atoms with Crippen LogP contribution < -0.4 is 9.47 Å². The van der Waals surface area contributed by atoms with Gasteiger partial charge in [-0.3, -0.25) is 14.9 Å². The van der Waals surface area contributed by atoms with Gasteiger partial charge in [0.15, 0.2) is 0 Å². The minimum Gasteiger partial charge on any atom is -0.497 e. The second kappa shape index (κ2) is 7.99. The summed E-state index contributed by atoms with van der Waals surface area (Å²) in [6.45, 7) is 2.76. The summed E-state index contributed by atoms with van der Waals surface area (Å²) in [7, 11) is 3.06. The van der Waals surface area contributed by atoms with E-state index in [9.17, 15) is 14.9 Å². The summed E-state index contributed by atoms with van der Waals surface area (Å²) in [4.78, 5) is 25.3. The maximum atomic E-state index is 12.4. The first-order chi connectivity index (χ1) is 11.5. The van der Waals surface area contributed by atoms with Gasteiger partial charge in [-0.2, -0.15) is 0 Å². The Kier molecular flexibility index (Phi) is 6.00. The third kappa shape index (κ3) is 3.96. The molecule has 1 fully saturated rings. The highest BCUT2D eigenvalue weighted by atomic mass is 16.6. The summed E-state index contributed by atoms with van der Waals surface area (Å²) >= 11 is 0. The van der Waals surface area contributed by atoms with Crippen LogP contribution in [0.3, 0.4) is 0 Å². The molecule has 2 rings (SSSR count). The second-order valence-electron chi connectivity index (χ2n) is 6.00. The molecule has 0 N–H and O–H groups in total. The Morgan fingerprint density at radius 3 is 2.38 bits per heavy atom. The van der Waals surface area contributed by atoms with Crippen LogP contribution in [-0.4, -0.2) is 49.1 Å². The second-order valence-corrected chi connectivity index (χ2v) is 6.00. The maximum absolute atomic E-state index is 12.4. The van der Waals surface area contributed by atoms with Gasteiger partial charge in [0.1, 0.15) is 11.5 Å². The molecular weight excluding hydrogens is 312 g/mol. The lowest BCUT2D eigenvalue weighted by Gasteiger charge is -2.34. The number of hydrogen-bond donors (Lipinski definition) is 0. The highest BCUT2D eigenvalue weighted by Gasteiger charge is 2.42. The molecule has 2 atom stereocenters. The van der Waals surface area contributed by atoms with E-state index in [1.165, 1.54) is 14.2 Å². The van der Waals surface area contributed by atoms with Crippen LogP contribution in [-0.2, 0) is 4.79 Å². The van der Waals surface area contributed by atoms with Crippen LogP contribution in [0.2, 0.25) is 0 Å². The van der Waals surface area contributed by atoms with E-state index < -0.39 is 12.0 Å². The topological polar surface area (TPSA) is 81.9 Å². The van der Waals surface area contributed by atoms with Crippen molar-refractivity contribution in [3.63, 3.8) is 0 Å². The molecule has 1 amide bonds. The van der Waals surface area contributed by atoms with E-state index in [1.54, 1.807) is 23.1 Å². The first-order valence-corrected chi connectivity index (χ1v) is 8.14. The predicted octanol–water partition coefficient (Wildman–Crippen LogP) is 2.47. The molecule has 1 aliphatic heterocycles. The van der Waals surface area contributed by atoms with E-state index in [0.29, 0.717) is 23.6 Å². The van der Waals surface area contributed by atoms with Crippen molar-refractivity contribution in [1.29, 1.82) is 0 Å². The quantitative estimate of drug-likeness (QED) is 0.564. The molecule has 1 aliphatic rings. The average molecular weight is 336 g/mol. The van der Waals surface area contributed by atoms with E-state index in [4.69, 9.17) is 9.47 Å². The number of nitrogens with zero attached hydrogens (tertiary/aromatic N) is 2. The smallest absolute Gasteiger partial charge is 0.237 e. The Labute approximate surface area is 141 Å². The van der Waals surface area contributed by atoms with Gasteiger partial charge in [0.25, 0.3) is 0 Å². The van der Waals surface area contributed by atoms with Crippen LogP contribution in [0.25, 0.3) is 0 Å². The van der Waals surface area contributed by atoms with Gasteiger partial charge in [-0.25, -0.2) is 0 Å². The minimum atomic E-state index is -0.823. The number of carbonyl (C=O) groups excluding carboxylic acids is 1. The molecule has 0 bridgehead atoms. The average Bonchev–Trinajstić information content (AvgIpc) is 2.59. The van der Waals surface area contributed by atoms with E-state index >= 15 is 0 Å². The molecule has 0 aromatic heterocycles. The molecule has 1 aromatic rings. The third-order valence-corrected chi connectivity index (χ3v) is 4.47. The van der Waals surface area contributed by atoms with Gasteiger partial charge in [-0.1, -0.05) is 13.3 Å². The van der Waals surface area contributed by atoms with Gasteiger partial charge >= 0.3 is 0 Å². The summed E-state index contributed by atoms with van der Waals surface area (Å²) in [5.74, 6) is 0.613. The molecule has 1 aromatic carbocycles. The zero-order valence-corrected chi connectivity index (χ0v) is 14.4. The number of carbonyl (C=O) groups is 1. The molecule has 0 radical (unpaired) electrons. The number of piperidine rings is 1. The molecule has 1 heterocycles. The van der Waals surface area contributed by atoms with Crippen LogP contribution in [0, 0.1) is 10.1 Å². The fourth-order valence-electron chi connectivity index (χ4n) is 3.07. The number of benzene rings is 1. The third-order valence-electron chi connectivity index (χ3n) is 4.47. The molecule has 0 spiro atoms. The number of hydrogen-bond acceptors (Lipinski definition) is 5. The van der Waals surface area contributed by atoms with E-state index in [-0.39, 0.29) is 23.8 Å². The molecule has 7 nitrogen and oxygen atoms in total. The SMILES string of the molecule is CCCCN1C[C@@H]([N+](=O)[O-])[C@H](c2cc(OC)cc(OC)c2)CC1=O. The van der Waals surface area contributed by atoms with Crippen molar-refractivity contribution >= 4 is 5.91 Å². The fourth-order valence-corrected chi connectivity index (χ4v) is 3.07.